The van der Waals surface area contributed by atoms with Crippen LogP contribution >= 0.6 is 0 Å². The third kappa shape index (κ3) is 5.43. The number of nitrogens with zero attached hydrogens (tertiary/aromatic N) is 2. The predicted octanol–water partition coefficient (Wildman–Crippen LogP) is 9.20. The highest BCUT2D eigenvalue weighted by atomic mass is 16.5. The molecule has 2 aliphatic rings. The van der Waals surface area contributed by atoms with E-state index in [9.17, 15) is 19.2 Å². The number of hydrogen-bond donors (Lipinski definition) is 0. The Morgan fingerprint density at radius 1 is 0.431 bits per heavy atom. The molecule has 0 aromatic heterocycles. The van der Waals surface area contributed by atoms with Crippen molar-refractivity contribution in [3.63, 3.8) is 0 Å². The van der Waals surface area contributed by atoms with E-state index < -0.39 is 5.91 Å². The second kappa shape index (κ2) is 12.3. The second-order valence-corrected chi connectivity index (χ2v) is 12.8. The molecule has 2 heterocycles. The minimum Gasteiger partial charge on any atom is -0.457 e. The van der Waals surface area contributed by atoms with Gasteiger partial charge in [-0.3, -0.25) is 19.2 Å². The van der Waals surface area contributed by atoms with E-state index in [1.54, 1.807) is 84.9 Å². The fourth-order valence-corrected chi connectivity index (χ4v) is 6.56. The molecule has 8 nitrogen and oxygen atoms in total. The molecule has 0 saturated carbocycles. The number of fused-ring (bicyclic) bond motifs is 2. The lowest BCUT2D eigenvalue weighted by molar-refractivity contribution is 0.0910. The maximum absolute atomic E-state index is 13.4. The Morgan fingerprint density at radius 2 is 0.922 bits per heavy atom. The van der Waals surface area contributed by atoms with Crippen molar-refractivity contribution < 1.29 is 28.7 Å². The van der Waals surface area contributed by atoms with E-state index in [-0.39, 0.29) is 28.7 Å². The van der Waals surface area contributed by atoms with E-state index in [0.717, 1.165) is 11.1 Å². The largest absolute Gasteiger partial charge is 0.457 e. The molecule has 0 saturated heterocycles. The summed E-state index contributed by atoms with van der Waals surface area (Å²) >= 11 is 0. The fourth-order valence-electron chi connectivity index (χ4n) is 6.56. The Balaban J connectivity index is 0.963. The molecule has 6 aromatic rings. The van der Waals surface area contributed by atoms with Crippen molar-refractivity contribution in [1.82, 2.24) is 0 Å². The van der Waals surface area contributed by atoms with Crippen LogP contribution in [-0.2, 0) is 5.41 Å². The van der Waals surface area contributed by atoms with Gasteiger partial charge >= 0.3 is 0 Å². The second-order valence-electron chi connectivity index (χ2n) is 12.8. The first-order valence-electron chi connectivity index (χ1n) is 16.4. The summed E-state index contributed by atoms with van der Waals surface area (Å²) in [4.78, 5) is 55.0. The standard InChI is InChI=1S/C43H30N2O6/c1-43(2,27-16-20-31(21-17-27)50-33-24-25-34-36(26-33)41(48)44(39(34)46)29-10-5-3-6-11-29)28-18-22-32(23-19-28)51-37-15-9-14-35-38(37)42(49)45(40(35)47)30-12-7-4-8-13-30/h3-26H,1-2H3. The van der Waals surface area contributed by atoms with Crippen LogP contribution in [0.5, 0.6) is 23.0 Å². The number of amides is 4. The van der Waals surface area contributed by atoms with Gasteiger partial charge in [0.05, 0.1) is 33.6 Å². The van der Waals surface area contributed by atoms with Crippen molar-refractivity contribution in [3.8, 4) is 23.0 Å². The van der Waals surface area contributed by atoms with Crippen LogP contribution in [0.1, 0.15) is 66.4 Å². The number of carbonyl (C=O) groups excluding carboxylic acids is 4. The maximum Gasteiger partial charge on any atom is 0.269 e. The summed E-state index contributed by atoms with van der Waals surface area (Å²) in [6.07, 6.45) is 0. The molecule has 51 heavy (non-hydrogen) atoms. The molecule has 6 aromatic carbocycles. The van der Waals surface area contributed by atoms with Gasteiger partial charge in [-0.15, -0.1) is 0 Å². The molecule has 0 fully saturated rings. The van der Waals surface area contributed by atoms with Gasteiger partial charge in [0.2, 0.25) is 0 Å². The van der Waals surface area contributed by atoms with E-state index >= 15 is 0 Å². The molecule has 0 unspecified atom stereocenters. The van der Waals surface area contributed by atoms with E-state index in [0.29, 0.717) is 51.1 Å². The summed E-state index contributed by atoms with van der Waals surface area (Å²) in [5.41, 5.74) is 3.92. The lowest BCUT2D eigenvalue weighted by Gasteiger charge is -2.26. The summed E-state index contributed by atoms with van der Waals surface area (Å²) < 4.78 is 12.3. The highest BCUT2D eigenvalue weighted by molar-refractivity contribution is 6.35. The topological polar surface area (TPSA) is 93.2 Å². The molecule has 0 radical (unpaired) electrons. The van der Waals surface area contributed by atoms with Crippen molar-refractivity contribution in [2.45, 2.75) is 19.3 Å². The Labute approximate surface area is 294 Å². The number of anilines is 2. The number of carbonyl (C=O) groups is 4. The van der Waals surface area contributed by atoms with Crippen molar-refractivity contribution in [2.75, 3.05) is 9.80 Å². The minimum atomic E-state index is -0.420. The summed E-state index contributed by atoms with van der Waals surface area (Å²) in [5, 5.41) is 0. The molecule has 248 valence electrons. The summed E-state index contributed by atoms with van der Waals surface area (Å²) in [7, 11) is 0. The van der Waals surface area contributed by atoms with Gasteiger partial charge in [-0.05, 0) is 90.0 Å². The Bertz CT molecular complexity index is 2350. The zero-order chi connectivity index (χ0) is 35.3. The molecule has 0 bridgehead atoms. The van der Waals surface area contributed by atoms with Crippen LogP contribution < -0.4 is 19.3 Å². The van der Waals surface area contributed by atoms with Crippen molar-refractivity contribution in [3.05, 3.63) is 179 Å². The highest BCUT2D eigenvalue weighted by Gasteiger charge is 2.39. The number of rotatable bonds is 8. The quantitative estimate of drug-likeness (QED) is 0.150. The van der Waals surface area contributed by atoms with Crippen LogP contribution in [0.15, 0.2) is 146 Å². The Kier molecular flexibility index (Phi) is 7.57. The molecule has 0 spiro atoms. The lowest BCUT2D eigenvalue weighted by Crippen LogP contribution is -2.29. The van der Waals surface area contributed by atoms with Crippen LogP contribution in [-0.4, -0.2) is 23.6 Å². The van der Waals surface area contributed by atoms with Gasteiger partial charge in [-0.1, -0.05) is 80.6 Å². The number of para-hydroxylation sites is 2. The first kappa shape index (κ1) is 31.5. The number of benzene rings is 6. The van der Waals surface area contributed by atoms with Gasteiger partial charge in [0.25, 0.3) is 23.6 Å². The van der Waals surface area contributed by atoms with Crippen LogP contribution in [0.4, 0.5) is 11.4 Å². The molecular weight excluding hydrogens is 640 g/mol. The van der Waals surface area contributed by atoms with Gasteiger partial charge in [0, 0.05) is 5.41 Å². The predicted molar refractivity (Wildman–Crippen MR) is 193 cm³/mol. The minimum absolute atomic E-state index is 0.243. The molecule has 4 amide bonds. The smallest absolute Gasteiger partial charge is 0.269 e. The number of imide groups is 2. The first-order chi connectivity index (χ1) is 24.7. The normalized spacial score (nSPS) is 13.8. The van der Waals surface area contributed by atoms with Gasteiger partial charge in [0.1, 0.15) is 23.0 Å². The third-order valence-corrected chi connectivity index (χ3v) is 9.38. The van der Waals surface area contributed by atoms with E-state index in [2.05, 4.69) is 13.8 Å². The van der Waals surface area contributed by atoms with Gasteiger partial charge in [0.15, 0.2) is 0 Å². The highest BCUT2D eigenvalue weighted by Crippen LogP contribution is 2.39. The van der Waals surface area contributed by atoms with Crippen LogP contribution in [0.3, 0.4) is 0 Å². The van der Waals surface area contributed by atoms with Gasteiger partial charge in [-0.25, -0.2) is 9.80 Å². The van der Waals surface area contributed by atoms with Crippen molar-refractivity contribution in [2.24, 2.45) is 0 Å². The Hall–Kier alpha value is -6.80. The summed E-state index contributed by atoms with van der Waals surface area (Å²) in [6.45, 7) is 4.24. The lowest BCUT2D eigenvalue weighted by atomic mass is 9.78. The molecule has 0 atom stereocenters. The van der Waals surface area contributed by atoms with Gasteiger partial charge < -0.3 is 9.47 Å². The zero-order valence-electron chi connectivity index (χ0n) is 27.7. The molecule has 8 rings (SSSR count). The number of hydrogen-bond acceptors (Lipinski definition) is 6. The van der Waals surface area contributed by atoms with E-state index in [4.69, 9.17) is 9.47 Å². The SMILES string of the molecule is CC(C)(c1ccc(Oc2ccc3c(c2)C(=O)N(c2ccccc2)C3=O)cc1)c1ccc(Oc2cccc3c2C(=O)N(c2ccccc2)C3=O)cc1. The van der Waals surface area contributed by atoms with Crippen LogP contribution in [0, 0.1) is 0 Å². The first-order valence-corrected chi connectivity index (χ1v) is 16.4. The van der Waals surface area contributed by atoms with Crippen LogP contribution in [0.25, 0.3) is 0 Å². The van der Waals surface area contributed by atoms with E-state index in [1.165, 1.54) is 9.80 Å². The molecule has 2 aliphatic heterocycles. The monoisotopic (exact) mass is 670 g/mol. The van der Waals surface area contributed by atoms with Crippen molar-refractivity contribution >= 4 is 35.0 Å². The third-order valence-electron chi connectivity index (χ3n) is 9.38. The average Bonchev–Trinajstić information content (AvgIpc) is 3.56. The summed E-state index contributed by atoms with van der Waals surface area (Å²) in [5.74, 6) is 0.354. The molecule has 0 N–H and O–H groups in total. The molecular formula is C43H30N2O6. The van der Waals surface area contributed by atoms with Crippen molar-refractivity contribution in [1.29, 1.82) is 0 Å². The zero-order valence-corrected chi connectivity index (χ0v) is 27.7. The number of ether oxygens (including phenoxy) is 2. The summed E-state index contributed by atoms with van der Waals surface area (Å²) in [6, 6.07) is 43.1. The fraction of sp³-hybridized carbons (Fsp3) is 0.0698. The molecule has 8 heteroatoms. The Morgan fingerprint density at radius 3 is 1.51 bits per heavy atom. The molecule has 0 aliphatic carbocycles. The average molecular weight is 671 g/mol. The van der Waals surface area contributed by atoms with E-state index in [1.807, 2.05) is 60.7 Å². The maximum atomic E-state index is 13.4. The van der Waals surface area contributed by atoms with Gasteiger partial charge in [-0.2, -0.15) is 0 Å². The van der Waals surface area contributed by atoms with Crippen LogP contribution in [0.2, 0.25) is 0 Å².